The van der Waals surface area contributed by atoms with Gasteiger partial charge >= 0.3 is 6.18 Å². The van der Waals surface area contributed by atoms with Gasteiger partial charge in [-0.25, -0.2) is 4.68 Å². The zero-order valence-corrected chi connectivity index (χ0v) is 19.5. The first-order chi connectivity index (χ1) is 16.3. The number of benzene rings is 1. The van der Waals surface area contributed by atoms with Gasteiger partial charge in [0.2, 0.25) is 11.8 Å². The van der Waals surface area contributed by atoms with Crippen molar-refractivity contribution < 1.29 is 22.5 Å². The molecule has 3 aromatic rings. The van der Waals surface area contributed by atoms with Gasteiger partial charge in [-0.15, -0.1) is 6.58 Å². The van der Waals surface area contributed by atoms with Crippen LogP contribution < -0.4 is 11.1 Å². The Morgan fingerprint density at radius 1 is 1.29 bits per heavy atom. The molecule has 0 saturated heterocycles. The number of allylic oxidation sites excluding steroid dienone is 1. The third kappa shape index (κ3) is 5.54. The fourth-order valence-corrected chi connectivity index (χ4v) is 3.27. The minimum Gasteiger partial charge on any atom is -0.383 e. The zero-order chi connectivity index (χ0) is 26.0. The summed E-state index contributed by atoms with van der Waals surface area (Å²) in [5.74, 6) is -0.475. The molecule has 1 amide bonds. The van der Waals surface area contributed by atoms with Gasteiger partial charge in [0.05, 0.1) is 12.1 Å². The summed E-state index contributed by atoms with van der Waals surface area (Å²) in [4.78, 5) is 12.4. The second kappa shape index (κ2) is 9.66. The van der Waals surface area contributed by atoms with Gasteiger partial charge in [-0.1, -0.05) is 35.0 Å². The van der Waals surface area contributed by atoms with E-state index >= 15 is 0 Å². The molecule has 2 aromatic heterocycles. The molecule has 184 valence electrons. The van der Waals surface area contributed by atoms with E-state index in [-0.39, 0.29) is 35.3 Å². The van der Waals surface area contributed by atoms with E-state index in [0.29, 0.717) is 27.9 Å². The first-order valence-corrected chi connectivity index (χ1v) is 10.7. The lowest BCUT2D eigenvalue weighted by Gasteiger charge is -2.28. The van der Waals surface area contributed by atoms with E-state index in [1.54, 1.807) is 30.3 Å². The van der Waals surface area contributed by atoms with Crippen LogP contribution in [0.25, 0.3) is 11.3 Å². The van der Waals surface area contributed by atoms with E-state index in [1.807, 2.05) is 13.0 Å². The second-order valence-corrected chi connectivity index (χ2v) is 8.75. The number of nitrogen functional groups attached to an aromatic ring is 1. The molecule has 3 rings (SSSR count). The number of nitriles is 1. The summed E-state index contributed by atoms with van der Waals surface area (Å²) >= 11 is 0. The van der Waals surface area contributed by atoms with Crippen LogP contribution in [0.1, 0.15) is 44.0 Å². The van der Waals surface area contributed by atoms with Crippen LogP contribution >= 0.6 is 0 Å². The Morgan fingerprint density at radius 3 is 2.51 bits per heavy atom. The number of nitrogens with one attached hydrogen (secondary N) is 1. The third-order valence-corrected chi connectivity index (χ3v) is 5.48. The molecule has 0 fully saturated rings. The van der Waals surface area contributed by atoms with Crippen LogP contribution in [0.2, 0.25) is 0 Å². The standard InChI is InChI=1S/C24H25F3N6O2/c1-14(2)5-10-17-12-20(35-32-17)30-19(34)11-15-6-8-16(9-7-15)21-18(13-28)22(29)33(31-21)23(3,4)24(25,26)27/h6-9,12H,1,5,10-11,29H2,2-4H3,(H,30,34). The van der Waals surface area contributed by atoms with E-state index in [0.717, 1.165) is 25.8 Å². The average Bonchev–Trinajstić information content (AvgIpc) is 3.35. The molecule has 0 unspecified atom stereocenters. The summed E-state index contributed by atoms with van der Waals surface area (Å²) in [6, 6.07) is 9.87. The summed E-state index contributed by atoms with van der Waals surface area (Å²) in [6.45, 7) is 7.61. The number of carbonyl (C=O) groups excluding carboxylic acids is 1. The van der Waals surface area contributed by atoms with Crippen LogP contribution in [-0.4, -0.2) is 27.0 Å². The molecule has 0 atom stereocenters. The number of nitrogens with zero attached hydrogens (tertiary/aromatic N) is 4. The summed E-state index contributed by atoms with van der Waals surface area (Å²) in [5, 5.41) is 20.0. The first kappa shape index (κ1) is 25.6. The number of anilines is 2. The molecule has 3 N–H and O–H groups in total. The summed E-state index contributed by atoms with van der Waals surface area (Å²) in [6.07, 6.45) is -3.20. The summed E-state index contributed by atoms with van der Waals surface area (Å²) in [7, 11) is 0. The highest BCUT2D eigenvalue weighted by Crippen LogP contribution is 2.39. The number of hydrogen-bond acceptors (Lipinski definition) is 6. The van der Waals surface area contributed by atoms with Crippen LogP contribution in [0.5, 0.6) is 0 Å². The number of aryl methyl sites for hydroxylation is 1. The number of hydrogen-bond donors (Lipinski definition) is 2. The number of nitrogens with two attached hydrogens (primary N) is 1. The van der Waals surface area contributed by atoms with Crippen molar-refractivity contribution in [2.75, 3.05) is 11.1 Å². The maximum absolute atomic E-state index is 13.5. The van der Waals surface area contributed by atoms with Gasteiger partial charge in [0, 0.05) is 11.6 Å². The number of rotatable bonds is 8. The van der Waals surface area contributed by atoms with Gasteiger partial charge in [0.15, 0.2) is 5.54 Å². The van der Waals surface area contributed by atoms with Gasteiger partial charge in [-0.2, -0.15) is 23.5 Å². The quantitative estimate of drug-likeness (QED) is 0.433. The van der Waals surface area contributed by atoms with Crippen molar-refractivity contribution in [2.24, 2.45) is 0 Å². The molecule has 1 aromatic carbocycles. The van der Waals surface area contributed by atoms with Gasteiger partial charge < -0.3 is 10.3 Å². The van der Waals surface area contributed by atoms with E-state index < -0.39 is 11.7 Å². The fraction of sp³-hybridized carbons (Fsp3) is 0.333. The molecule has 2 heterocycles. The Bertz CT molecular complexity index is 1280. The molecular formula is C24H25F3N6O2. The summed E-state index contributed by atoms with van der Waals surface area (Å²) < 4.78 is 46.2. The number of aromatic nitrogens is 3. The number of halogens is 3. The molecule has 0 aliphatic heterocycles. The molecule has 0 spiro atoms. The molecule has 8 nitrogen and oxygen atoms in total. The Hall–Kier alpha value is -4.07. The minimum atomic E-state index is -4.64. The second-order valence-electron chi connectivity index (χ2n) is 8.75. The highest BCUT2D eigenvalue weighted by atomic mass is 19.4. The van der Waals surface area contributed by atoms with Gasteiger partial charge in [-0.05, 0) is 39.2 Å². The van der Waals surface area contributed by atoms with Gasteiger partial charge in [0.25, 0.3) is 0 Å². The van der Waals surface area contributed by atoms with Crippen LogP contribution in [0.3, 0.4) is 0 Å². The highest BCUT2D eigenvalue weighted by molar-refractivity contribution is 5.91. The van der Waals surface area contributed by atoms with Crippen molar-refractivity contribution in [3.8, 4) is 17.3 Å². The van der Waals surface area contributed by atoms with Crippen LogP contribution in [0.15, 0.2) is 47.0 Å². The zero-order valence-electron chi connectivity index (χ0n) is 19.5. The lowest BCUT2D eigenvalue weighted by Crippen LogP contribution is -2.43. The SMILES string of the molecule is C=C(C)CCc1cc(NC(=O)Cc2ccc(-c3nn(C(C)(C)C(F)(F)F)c(N)c3C#N)cc2)on1. The largest absolute Gasteiger partial charge is 0.413 e. The minimum absolute atomic E-state index is 0.0187. The van der Waals surface area contributed by atoms with Crippen molar-refractivity contribution in [1.29, 1.82) is 5.26 Å². The van der Waals surface area contributed by atoms with Gasteiger partial charge in [-0.3, -0.25) is 10.1 Å². The molecule has 35 heavy (non-hydrogen) atoms. The van der Waals surface area contributed by atoms with Crippen LogP contribution in [0, 0.1) is 11.3 Å². The molecule has 0 aliphatic rings. The highest BCUT2D eigenvalue weighted by Gasteiger charge is 2.51. The van der Waals surface area contributed by atoms with Crippen molar-refractivity contribution >= 4 is 17.6 Å². The summed E-state index contributed by atoms with van der Waals surface area (Å²) in [5.41, 5.74) is 6.06. The van der Waals surface area contributed by atoms with E-state index in [2.05, 4.69) is 22.2 Å². The molecule has 0 radical (unpaired) electrons. The maximum Gasteiger partial charge on any atom is 0.413 e. The smallest absolute Gasteiger partial charge is 0.383 e. The van der Waals surface area contributed by atoms with Crippen molar-refractivity contribution in [3.63, 3.8) is 0 Å². The predicted molar refractivity (Wildman–Crippen MR) is 124 cm³/mol. The van der Waals surface area contributed by atoms with E-state index in [1.165, 1.54) is 0 Å². The van der Waals surface area contributed by atoms with Crippen LogP contribution in [-0.2, 0) is 23.2 Å². The average molecular weight is 486 g/mol. The molecular weight excluding hydrogens is 461 g/mol. The Balaban J connectivity index is 1.74. The Kier molecular flexibility index (Phi) is 7.05. The number of amides is 1. The third-order valence-electron chi connectivity index (χ3n) is 5.48. The first-order valence-electron chi connectivity index (χ1n) is 10.7. The lowest BCUT2D eigenvalue weighted by molar-refractivity contribution is -0.205. The van der Waals surface area contributed by atoms with Crippen molar-refractivity contribution in [1.82, 2.24) is 14.9 Å². The number of carbonyl (C=O) groups is 1. The van der Waals surface area contributed by atoms with E-state index in [9.17, 15) is 23.2 Å². The van der Waals surface area contributed by atoms with Crippen molar-refractivity contribution in [3.05, 3.63) is 59.3 Å². The monoisotopic (exact) mass is 486 g/mol. The maximum atomic E-state index is 13.5. The normalized spacial score (nSPS) is 11.8. The van der Waals surface area contributed by atoms with Crippen molar-refractivity contribution in [2.45, 2.75) is 51.7 Å². The molecule has 0 bridgehead atoms. The molecule has 0 saturated carbocycles. The topological polar surface area (TPSA) is 123 Å². The fourth-order valence-electron chi connectivity index (χ4n) is 3.27. The van der Waals surface area contributed by atoms with Gasteiger partial charge in [0.1, 0.15) is 23.1 Å². The lowest BCUT2D eigenvalue weighted by atomic mass is 10.0. The predicted octanol–water partition coefficient (Wildman–Crippen LogP) is 4.98. The Labute approximate surface area is 200 Å². The van der Waals surface area contributed by atoms with Crippen LogP contribution in [0.4, 0.5) is 24.9 Å². The van der Waals surface area contributed by atoms with E-state index in [4.69, 9.17) is 10.3 Å². The molecule has 0 aliphatic carbocycles. The Morgan fingerprint density at radius 2 is 1.94 bits per heavy atom. The molecule has 11 heteroatoms. The number of alkyl halides is 3.